The van der Waals surface area contributed by atoms with Crippen LogP contribution in [0.3, 0.4) is 0 Å². The van der Waals surface area contributed by atoms with E-state index in [2.05, 4.69) is 18.3 Å². The van der Waals surface area contributed by atoms with Gasteiger partial charge in [-0.1, -0.05) is 13.0 Å². The maximum Gasteiger partial charge on any atom is 0.164 e. The third-order valence-corrected chi connectivity index (χ3v) is 2.63. The summed E-state index contributed by atoms with van der Waals surface area (Å²) < 4.78 is 11.2. The Morgan fingerprint density at radius 1 is 1.27 bits per heavy atom. The molecule has 0 fully saturated rings. The van der Waals surface area contributed by atoms with Crippen LogP contribution in [-0.4, -0.2) is 20.3 Å². The van der Waals surface area contributed by atoms with Crippen LogP contribution in [0, 0.1) is 0 Å². The molecule has 0 atom stereocenters. The molecule has 0 amide bonds. The van der Waals surface area contributed by atoms with Crippen molar-refractivity contribution < 1.29 is 9.47 Å². The summed E-state index contributed by atoms with van der Waals surface area (Å²) >= 11 is 0. The highest BCUT2D eigenvalue weighted by Gasteiger charge is 2.17. The van der Waals surface area contributed by atoms with Crippen LogP contribution in [0.2, 0.25) is 0 Å². The van der Waals surface area contributed by atoms with Crippen LogP contribution in [0.25, 0.3) is 0 Å². The molecule has 0 saturated heterocycles. The van der Waals surface area contributed by atoms with Crippen molar-refractivity contribution in [2.45, 2.75) is 19.9 Å². The van der Waals surface area contributed by atoms with Gasteiger partial charge >= 0.3 is 0 Å². The summed E-state index contributed by atoms with van der Waals surface area (Å²) in [6, 6.07) is 4.11. The SMILES string of the molecule is CCc1c(CNC)ccc2c1OCCO2. The quantitative estimate of drug-likeness (QED) is 0.819. The Bertz CT molecular complexity index is 350. The lowest BCUT2D eigenvalue weighted by molar-refractivity contribution is 0.170. The molecule has 0 unspecified atom stereocenters. The van der Waals surface area contributed by atoms with E-state index in [1.54, 1.807) is 0 Å². The number of ether oxygens (including phenoxy) is 2. The van der Waals surface area contributed by atoms with Gasteiger partial charge in [0.2, 0.25) is 0 Å². The summed E-state index contributed by atoms with van der Waals surface area (Å²) in [6.07, 6.45) is 0.976. The first kappa shape index (κ1) is 10.3. The highest BCUT2D eigenvalue weighted by atomic mass is 16.6. The van der Waals surface area contributed by atoms with Gasteiger partial charge in [0.25, 0.3) is 0 Å². The van der Waals surface area contributed by atoms with E-state index >= 15 is 0 Å². The summed E-state index contributed by atoms with van der Waals surface area (Å²) in [6.45, 7) is 4.33. The zero-order valence-electron chi connectivity index (χ0n) is 9.30. The van der Waals surface area contributed by atoms with E-state index in [0.29, 0.717) is 13.2 Å². The normalized spacial score (nSPS) is 14.0. The van der Waals surface area contributed by atoms with E-state index in [4.69, 9.17) is 9.47 Å². The average molecular weight is 207 g/mol. The molecule has 1 aliphatic rings. The molecular weight excluding hydrogens is 190 g/mol. The lowest BCUT2D eigenvalue weighted by Crippen LogP contribution is -2.18. The van der Waals surface area contributed by atoms with Crippen LogP contribution in [0.1, 0.15) is 18.1 Å². The van der Waals surface area contributed by atoms with Crippen molar-refractivity contribution in [2.24, 2.45) is 0 Å². The van der Waals surface area contributed by atoms with Gasteiger partial charge in [0.05, 0.1) is 0 Å². The van der Waals surface area contributed by atoms with Crippen molar-refractivity contribution in [3.8, 4) is 11.5 Å². The molecule has 1 aromatic carbocycles. The molecule has 1 heterocycles. The van der Waals surface area contributed by atoms with Crippen molar-refractivity contribution in [1.82, 2.24) is 5.32 Å². The molecule has 0 saturated carbocycles. The molecule has 3 nitrogen and oxygen atoms in total. The van der Waals surface area contributed by atoms with Crippen molar-refractivity contribution >= 4 is 0 Å². The van der Waals surface area contributed by atoms with Crippen LogP contribution in [-0.2, 0) is 13.0 Å². The number of fused-ring (bicyclic) bond motifs is 1. The summed E-state index contributed by atoms with van der Waals surface area (Å²) in [7, 11) is 1.95. The van der Waals surface area contributed by atoms with Gasteiger partial charge < -0.3 is 14.8 Å². The van der Waals surface area contributed by atoms with Crippen molar-refractivity contribution in [3.63, 3.8) is 0 Å². The summed E-state index contributed by atoms with van der Waals surface area (Å²) in [5, 5.41) is 3.17. The highest BCUT2D eigenvalue weighted by Crippen LogP contribution is 2.36. The van der Waals surface area contributed by atoms with Gasteiger partial charge in [0, 0.05) is 12.1 Å². The van der Waals surface area contributed by atoms with Crippen molar-refractivity contribution in [1.29, 1.82) is 0 Å². The third-order valence-electron chi connectivity index (χ3n) is 2.63. The maximum atomic E-state index is 5.68. The van der Waals surface area contributed by atoms with Crippen LogP contribution in [0.5, 0.6) is 11.5 Å². The second-order valence-electron chi connectivity index (χ2n) is 3.61. The number of nitrogens with one attached hydrogen (secondary N) is 1. The van der Waals surface area contributed by atoms with Gasteiger partial charge in [-0.15, -0.1) is 0 Å². The monoisotopic (exact) mass is 207 g/mol. The number of hydrogen-bond donors (Lipinski definition) is 1. The molecule has 0 radical (unpaired) electrons. The predicted octanol–water partition coefficient (Wildman–Crippen LogP) is 1.74. The minimum atomic E-state index is 0.654. The Kier molecular flexibility index (Phi) is 3.11. The van der Waals surface area contributed by atoms with E-state index in [-0.39, 0.29) is 0 Å². The maximum absolute atomic E-state index is 5.68. The van der Waals surface area contributed by atoms with Crippen LogP contribution in [0.15, 0.2) is 12.1 Å². The zero-order valence-corrected chi connectivity index (χ0v) is 9.30. The molecule has 2 rings (SSSR count). The molecule has 0 aliphatic carbocycles. The minimum absolute atomic E-state index is 0.654. The summed E-state index contributed by atoms with van der Waals surface area (Å²) in [5.74, 6) is 1.83. The number of hydrogen-bond acceptors (Lipinski definition) is 3. The summed E-state index contributed by atoms with van der Waals surface area (Å²) in [4.78, 5) is 0. The largest absolute Gasteiger partial charge is 0.486 e. The second kappa shape index (κ2) is 4.53. The second-order valence-corrected chi connectivity index (χ2v) is 3.61. The Labute approximate surface area is 90.4 Å². The Morgan fingerprint density at radius 3 is 2.80 bits per heavy atom. The molecule has 1 N–H and O–H groups in total. The average Bonchev–Trinajstić information content (AvgIpc) is 2.29. The molecule has 82 valence electrons. The van der Waals surface area contributed by atoms with Gasteiger partial charge in [-0.05, 0) is 25.1 Å². The molecule has 0 bridgehead atoms. The fourth-order valence-corrected chi connectivity index (χ4v) is 1.96. The first-order valence-corrected chi connectivity index (χ1v) is 5.41. The van der Waals surface area contributed by atoms with E-state index in [9.17, 15) is 0 Å². The number of benzene rings is 1. The molecular formula is C12H17NO2. The first-order valence-electron chi connectivity index (χ1n) is 5.41. The van der Waals surface area contributed by atoms with Crippen LogP contribution in [0.4, 0.5) is 0 Å². The minimum Gasteiger partial charge on any atom is -0.486 e. The summed E-state index contributed by atoms with van der Waals surface area (Å²) in [5.41, 5.74) is 2.56. The van der Waals surface area contributed by atoms with Gasteiger partial charge in [0.1, 0.15) is 13.2 Å². The molecule has 1 aromatic rings. The van der Waals surface area contributed by atoms with Gasteiger partial charge in [-0.25, -0.2) is 0 Å². The molecule has 15 heavy (non-hydrogen) atoms. The number of rotatable bonds is 3. The van der Waals surface area contributed by atoms with E-state index in [0.717, 1.165) is 24.5 Å². The Hall–Kier alpha value is -1.22. The molecule has 0 spiro atoms. The zero-order chi connectivity index (χ0) is 10.7. The lowest BCUT2D eigenvalue weighted by atomic mass is 10.0. The lowest BCUT2D eigenvalue weighted by Gasteiger charge is -2.22. The standard InChI is InChI=1S/C12H17NO2/c1-3-10-9(8-13-2)4-5-11-12(10)15-7-6-14-11/h4-5,13H,3,6-8H2,1-2H3. The highest BCUT2D eigenvalue weighted by molar-refractivity contribution is 5.51. The van der Waals surface area contributed by atoms with Crippen molar-refractivity contribution in [2.75, 3.05) is 20.3 Å². The van der Waals surface area contributed by atoms with Crippen LogP contribution < -0.4 is 14.8 Å². The van der Waals surface area contributed by atoms with Crippen LogP contribution >= 0.6 is 0 Å². The topological polar surface area (TPSA) is 30.5 Å². The van der Waals surface area contributed by atoms with E-state index in [1.807, 2.05) is 13.1 Å². The Morgan fingerprint density at radius 2 is 2.07 bits per heavy atom. The molecule has 1 aliphatic heterocycles. The fraction of sp³-hybridized carbons (Fsp3) is 0.500. The van der Waals surface area contributed by atoms with E-state index < -0.39 is 0 Å². The molecule has 0 aromatic heterocycles. The Balaban J connectivity index is 2.42. The third kappa shape index (κ3) is 1.92. The fourth-order valence-electron chi connectivity index (χ4n) is 1.96. The predicted molar refractivity (Wildman–Crippen MR) is 59.6 cm³/mol. The van der Waals surface area contributed by atoms with Gasteiger partial charge in [0.15, 0.2) is 11.5 Å². The van der Waals surface area contributed by atoms with Crippen molar-refractivity contribution in [3.05, 3.63) is 23.3 Å². The first-order chi connectivity index (χ1) is 7.36. The van der Waals surface area contributed by atoms with E-state index in [1.165, 1.54) is 11.1 Å². The molecule has 3 heteroatoms. The van der Waals surface area contributed by atoms with Gasteiger partial charge in [-0.2, -0.15) is 0 Å². The smallest absolute Gasteiger partial charge is 0.164 e. The van der Waals surface area contributed by atoms with Gasteiger partial charge in [-0.3, -0.25) is 0 Å².